The minimum Gasteiger partial charge on any atom is -0.349 e. The van der Waals surface area contributed by atoms with Crippen LogP contribution in [-0.2, 0) is 0 Å². The van der Waals surface area contributed by atoms with Gasteiger partial charge in [0.2, 0.25) is 0 Å². The van der Waals surface area contributed by atoms with Crippen molar-refractivity contribution in [3.63, 3.8) is 0 Å². The quantitative estimate of drug-likeness (QED) is 0.809. The molecule has 14 heavy (non-hydrogen) atoms. The third kappa shape index (κ3) is 2.82. The van der Waals surface area contributed by atoms with E-state index < -0.39 is 0 Å². The molecule has 0 atom stereocenters. The fraction of sp³-hybridized carbons (Fsp3) is 0.500. The summed E-state index contributed by atoms with van der Waals surface area (Å²) in [6.07, 6.45) is 5.86. The van der Waals surface area contributed by atoms with E-state index in [1.54, 1.807) is 11.3 Å². The van der Waals surface area contributed by atoms with Crippen molar-refractivity contribution >= 4 is 22.5 Å². The van der Waals surface area contributed by atoms with Gasteiger partial charge in [0.15, 0.2) is 5.13 Å². The zero-order chi connectivity index (χ0) is 10.4. The second-order valence-electron chi connectivity index (χ2n) is 2.86. The Labute approximate surface area is 89.3 Å². The van der Waals surface area contributed by atoms with E-state index in [1.807, 2.05) is 18.3 Å². The van der Waals surface area contributed by atoms with E-state index in [4.69, 9.17) is 5.73 Å². The number of thiazole rings is 1. The maximum Gasteiger partial charge on any atom is 0.185 e. The average Bonchev–Trinajstić information content (AvgIpc) is 2.65. The van der Waals surface area contributed by atoms with Gasteiger partial charge in [0.1, 0.15) is 0 Å². The van der Waals surface area contributed by atoms with Crippen molar-refractivity contribution in [1.29, 1.82) is 0 Å². The summed E-state index contributed by atoms with van der Waals surface area (Å²) in [6, 6.07) is 0. The van der Waals surface area contributed by atoms with Gasteiger partial charge in [-0.1, -0.05) is 17.4 Å². The Morgan fingerprint density at radius 2 is 2.21 bits per heavy atom. The van der Waals surface area contributed by atoms with Crippen LogP contribution in [0.5, 0.6) is 0 Å². The van der Waals surface area contributed by atoms with Crippen LogP contribution in [0.3, 0.4) is 0 Å². The standard InChI is InChI=1S/C10H17N3S/c1-3-13(4-2)10-12-8-9(14-10)6-5-7-11/h5-6,8H,3-4,7,11H2,1-2H3. The number of nitrogens with two attached hydrogens (primary N) is 1. The van der Waals surface area contributed by atoms with Crippen molar-refractivity contribution in [2.75, 3.05) is 24.5 Å². The molecule has 3 nitrogen and oxygen atoms in total. The minimum atomic E-state index is 0.582. The first-order valence-electron chi connectivity index (χ1n) is 4.89. The monoisotopic (exact) mass is 211 g/mol. The van der Waals surface area contributed by atoms with Crippen LogP contribution < -0.4 is 10.6 Å². The van der Waals surface area contributed by atoms with E-state index >= 15 is 0 Å². The van der Waals surface area contributed by atoms with Crippen molar-refractivity contribution in [3.8, 4) is 0 Å². The van der Waals surface area contributed by atoms with Crippen LogP contribution in [0.25, 0.3) is 6.08 Å². The lowest BCUT2D eigenvalue weighted by Crippen LogP contribution is -2.21. The van der Waals surface area contributed by atoms with Gasteiger partial charge in [-0.05, 0) is 19.9 Å². The Kier molecular flexibility index (Phi) is 4.62. The molecule has 1 rings (SSSR count). The maximum absolute atomic E-state index is 5.38. The largest absolute Gasteiger partial charge is 0.349 e. The molecule has 0 amide bonds. The molecule has 4 heteroatoms. The Balaban J connectivity index is 2.71. The zero-order valence-corrected chi connectivity index (χ0v) is 9.55. The van der Waals surface area contributed by atoms with E-state index in [9.17, 15) is 0 Å². The van der Waals surface area contributed by atoms with Gasteiger partial charge in [-0.2, -0.15) is 0 Å². The van der Waals surface area contributed by atoms with Crippen LogP contribution in [0.1, 0.15) is 18.7 Å². The summed E-state index contributed by atoms with van der Waals surface area (Å²) in [5.74, 6) is 0. The molecule has 78 valence electrons. The third-order valence-corrected chi connectivity index (χ3v) is 2.99. The maximum atomic E-state index is 5.38. The Morgan fingerprint density at radius 3 is 2.79 bits per heavy atom. The van der Waals surface area contributed by atoms with Crippen LogP contribution in [-0.4, -0.2) is 24.6 Å². The molecule has 0 bridgehead atoms. The van der Waals surface area contributed by atoms with E-state index in [2.05, 4.69) is 23.7 Å². The first kappa shape index (κ1) is 11.2. The lowest BCUT2D eigenvalue weighted by atomic mass is 10.4. The molecule has 0 aliphatic carbocycles. The Bertz CT molecular complexity index is 289. The number of aromatic nitrogens is 1. The van der Waals surface area contributed by atoms with E-state index in [1.165, 1.54) is 0 Å². The molecule has 0 fully saturated rings. The summed E-state index contributed by atoms with van der Waals surface area (Å²) in [7, 11) is 0. The van der Waals surface area contributed by atoms with Crippen molar-refractivity contribution < 1.29 is 0 Å². The number of nitrogens with zero attached hydrogens (tertiary/aromatic N) is 2. The normalized spacial score (nSPS) is 11.1. The molecule has 0 radical (unpaired) electrons. The van der Waals surface area contributed by atoms with Crippen molar-refractivity contribution in [1.82, 2.24) is 4.98 Å². The van der Waals surface area contributed by atoms with Gasteiger partial charge >= 0.3 is 0 Å². The van der Waals surface area contributed by atoms with Crippen LogP contribution in [0.15, 0.2) is 12.3 Å². The average molecular weight is 211 g/mol. The second kappa shape index (κ2) is 5.78. The predicted octanol–water partition coefficient (Wildman–Crippen LogP) is 1.96. The highest BCUT2D eigenvalue weighted by Gasteiger charge is 2.05. The molecule has 0 saturated carbocycles. The molecule has 0 aliphatic heterocycles. The lowest BCUT2D eigenvalue weighted by molar-refractivity contribution is 0.860. The van der Waals surface area contributed by atoms with Crippen molar-refractivity contribution in [2.45, 2.75) is 13.8 Å². The van der Waals surface area contributed by atoms with Crippen LogP contribution in [0.2, 0.25) is 0 Å². The van der Waals surface area contributed by atoms with Crippen molar-refractivity contribution in [2.24, 2.45) is 5.73 Å². The van der Waals surface area contributed by atoms with Gasteiger partial charge in [-0.15, -0.1) is 0 Å². The molecule has 0 aliphatic rings. The zero-order valence-electron chi connectivity index (χ0n) is 8.73. The topological polar surface area (TPSA) is 42.2 Å². The molecule has 2 N–H and O–H groups in total. The molecule has 1 aromatic heterocycles. The van der Waals surface area contributed by atoms with Gasteiger partial charge in [0.05, 0.1) is 0 Å². The van der Waals surface area contributed by atoms with Crippen LogP contribution >= 0.6 is 11.3 Å². The minimum absolute atomic E-state index is 0.582. The van der Waals surface area contributed by atoms with E-state index in [0.29, 0.717) is 6.54 Å². The molecule has 0 unspecified atom stereocenters. The first-order chi connectivity index (χ1) is 6.81. The highest BCUT2D eigenvalue weighted by Crippen LogP contribution is 2.22. The van der Waals surface area contributed by atoms with Gasteiger partial charge in [0, 0.05) is 30.7 Å². The number of hydrogen-bond donors (Lipinski definition) is 1. The number of rotatable bonds is 5. The summed E-state index contributed by atoms with van der Waals surface area (Å²) in [4.78, 5) is 7.77. The smallest absolute Gasteiger partial charge is 0.185 e. The second-order valence-corrected chi connectivity index (χ2v) is 3.90. The summed E-state index contributed by atoms with van der Waals surface area (Å²) in [5.41, 5.74) is 5.38. The fourth-order valence-corrected chi connectivity index (χ4v) is 2.15. The Hall–Kier alpha value is -0.870. The SMILES string of the molecule is CCN(CC)c1ncc(C=CCN)s1. The van der Waals surface area contributed by atoms with Gasteiger partial charge in [-0.3, -0.25) is 0 Å². The first-order valence-corrected chi connectivity index (χ1v) is 5.70. The highest BCUT2D eigenvalue weighted by molar-refractivity contribution is 7.16. The highest BCUT2D eigenvalue weighted by atomic mass is 32.1. The molecule has 1 aromatic rings. The molecule has 0 saturated heterocycles. The van der Waals surface area contributed by atoms with Gasteiger partial charge in [-0.25, -0.2) is 4.98 Å². The predicted molar refractivity (Wildman–Crippen MR) is 63.8 cm³/mol. The van der Waals surface area contributed by atoms with Crippen molar-refractivity contribution in [3.05, 3.63) is 17.2 Å². The van der Waals surface area contributed by atoms with Gasteiger partial charge in [0.25, 0.3) is 0 Å². The molecule has 0 aromatic carbocycles. The van der Waals surface area contributed by atoms with E-state index in [0.717, 1.165) is 23.1 Å². The lowest BCUT2D eigenvalue weighted by Gasteiger charge is -2.16. The van der Waals surface area contributed by atoms with E-state index in [-0.39, 0.29) is 0 Å². The number of anilines is 1. The summed E-state index contributed by atoms with van der Waals surface area (Å²) < 4.78 is 0. The Morgan fingerprint density at radius 1 is 1.50 bits per heavy atom. The fourth-order valence-electron chi connectivity index (χ4n) is 1.18. The third-order valence-electron chi connectivity index (χ3n) is 1.96. The molecule has 0 spiro atoms. The molecule has 1 heterocycles. The summed E-state index contributed by atoms with van der Waals surface area (Å²) in [6.45, 7) is 6.87. The molecular weight excluding hydrogens is 194 g/mol. The summed E-state index contributed by atoms with van der Waals surface area (Å²) >= 11 is 1.70. The summed E-state index contributed by atoms with van der Waals surface area (Å²) in [5, 5.41) is 1.09. The van der Waals surface area contributed by atoms with Crippen LogP contribution in [0.4, 0.5) is 5.13 Å². The number of hydrogen-bond acceptors (Lipinski definition) is 4. The van der Waals surface area contributed by atoms with Crippen LogP contribution in [0, 0.1) is 0 Å². The van der Waals surface area contributed by atoms with Gasteiger partial charge < -0.3 is 10.6 Å². The molecular formula is C10H17N3S.